The lowest BCUT2D eigenvalue weighted by Gasteiger charge is -2.09. The number of anilines is 1. The molecule has 2 N–H and O–H groups in total. The van der Waals surface area contributed by atoms with Gasteiger partial charge in [0.2, 0.25) is 0 Å². The Kier molecular flexibility index (Phi) is 3.72. The molecular weight excluding hydrogens is 336 g/mol. The standard InChI is InChI=1S/C21H16N6/c1-2-8-22-15(4-1)11-24-21-17-10-14(6-7-19(17)26-13-27-21)18-12-25-20-16(18)5-3-9-23-20/h1-10,12-13H,11H2,(H,23,25)(H,24,26,27). The Morgan fingerprint density at radius 1 is 0.852 bits per heavy atom. The molecule has 0 saturated carbocycles. The molecule has 6 heteroatoms. The van der Waals surface area contributed by atoms with Gasteiger partial charge in [-0.1, -0.05) is 12.1 Å². The Balaban J connectivity index is 1.56. The summed E-state index contributed by atoms with van der Waals surface area (Å²) in [5.41, 5.74) is 4.95. The molecule has 6 nitrogen and oxygen atoms in total. The van der Waals surface area contributed by atoms with Crippen LogP contribution in [-0.2, 0) is 6.54 Å². The molecule has 0 radical (unpaired) electrons. The normalized spacial score (nSPS) is 11.1. The van der Waals surface area contributed by atoms with Gasteiger partial charge in [0.05, 0.1) is 17.8 Å². The molecular formula is C21H16N6. The number of benzene rings is 1. The molecule has 0 fully saturated rings. The second kappa shape index (κ2) is 6.49. The summed E-state index contributed by atoms with van der Waals surface area (Å²) in [6.07, 6.45) is 7.15. The van der Waals surface area contributed by atoms with Crippen LogP contribution in [0.15, 0.2) is 73.4 Å². The fourth-order valence-electron chi connectivity index (χ4n) is 3.24. The van der Waals surface area contributed by atoms with E-state index < -0.39 is 0 Å². The number of pyridine rings is 2. The number of H-pyrrole nitrogens is 1. The lowest BCUT2D eigenvalue weighted by molar-refractivity contribution is 1.03. The molecule has 5 aromatic rings. The highest BCUT2D eigenvalue weighted by molar-refractivity contribution is 5.98. The zero-order chi connectivity index (χ0) is 18.1. The molecule has 0 amide bonds. The minimum absolute atomic E-state index is 0.605. The quantitative estimate of drug-likeness (QED) is 0.507. The molecule has 130 valence electrons. The number of rotatable bonds is 4. The van der Waals surface area contributed by atoms with E-state index in [4.69, 9.17) is 0 Å². The third-order valence-corrected chi connectivity index (χ3v) is 4.56. The maximum absolute atomic E-state index is 4.44. The Morgan fingerprint density at radius 3 is 2.74 bits per heavy atom. The first-order chi connectivity index (χ1) is 13.4. The molecule has 4 aromatic heterocycles. The van der Waals surface area contributed by atoms with Crippen molar-refractivity contribution in [3.8, 4) is 11.1 Å². The van der Waals surface area contributed by atoms with E-state index in [9.17, 15) is 0 Å². The fraction of sp³-hybridized carbons (Fsp3) is 0.0476. The molecule has 0 aliphatic rings. The molecule has 1 aromatic carbocycles. The van der Waals surface area contributed by atoms with Crippen LogP contribution in [0.3, 0.4) is 0 Å². The van der Waals surface area contributed by atoms with Gasteiger partial charge in [0, 0.05) is 34.9 Å². The summed E-state index contributed by atoms with van der Waals surface area (Å²) in [6, 6.07) is 16.1. The molecule has 0 saturated heterocycles. The van der Waals surface area contributed by atoms with Crippen molar-refractivity contribution in [3.05, 3.63) is 79.1 Å². The van der Waals surface area contributed by atoms with Gasteiger partial charge in [0.1, 0.15) is 17.8 Å². The first-order valence-electron chi connectivity index (χ1n) is 8.69. The third-order valence-electron chi connectivity index (χ3n) is 4.56. The Labute approximate surface area is 155 Å². The zero-order valence-corrected chi connectivity index (χ0v) is 14.4. The highest BCUT2D eigenvalue weighted by Gasteiger charge is 2.10. The average molecular weight is 352 g/mol. The van der Waals surface area contributed by atoms with Gasteiger partial charge in [-0.05, 0) is 42.0 Å². The van der Waals surface area contributed by atoms with E-state index >= 15 is 0 Å². The molecule has 0 spiro atoms. The summed E-state index contributed by atoms with van der Waals surface area (Å²) in [6.45, 7) is 0.605. The van der Waals surface area contributed by atoms with Crippen molar-refractivity contribution in [2.45, 2.75) is 6.54 Å². The van der Waals surface area contributed by atoms with Crippen molar-refractivity contribution in [1.82, 2.24) is 24.9 Å². The second-order valence-corrected chi connectivity index (χ2v) is 6.23. The van der Waals surface area contributed by atoms with E-state index in [1.807, 2.05) is 36.5 Å². The lowest BCUT2D eigenvalue weighted by Crippen LogP contribution is -2.03. The van der Waals surface area contributed by atoms with Crippen LogP contribution in [0, 0.1) is 0 Å². The van der Waals surface area contributed by atoms with Gasteiger partial charge >= 0.3 is 0 Å². The van der Waals surface area contributed by atoms with Gasteiger partial charge in [-0.25, -0.2) is 15.0 Å². The van der Waals surface area contributed by atoms with Gasteiger partial charge in [0.25, 0.3) is 0 Å². The number of hydrogen-bond acceptors (Lipinski definition) is 5. The van der Waals surface area contributed by atoms with E-state index in [1.54, 1.807) is 18.7 Å². The number of aromatic amines is 1. The molecule has 4 heterocycles. The monoisotopic (exact) mass is 352 g/mol. The first kappa shape index (κ1) is 15.5. The minimum atomic E-state index is 0.605. The van der Waals surface area contributed by atoms with Gasteiger partial charge in [-0.15, -0.1) is 0 Å². The summed E-state index contributed by atoms with van der Waals surface area (Å²) in [7, 11) is 0. The number of aromatic nitrogens is 5. The molecule has 27 heavy (non-hydrogen) atoms. The van der Waals surface area contributed by atoms with Crippen LogP contribution in [0.5, 0.6) is 0 Å². The maximum Gasteiger partial charge on any atom is 0.137 e. The van der Waals surface area contributed by atoms with Gasteiger partial charge in [-0.2, -0.15) is 0 Å². The van der Waals surface area contributed by atoms with Crippen molar-refractivity contribution >= 4 is 27.8 Å². The minimum Gasteiger partial charge on any atom is -0.364 e. The van der Waals surface area contributed by atoms with Crippen molar-refractivity contribution in [1.29, 1.82) is 0 Å². The van der Waals surface area contributed by atoms with Crippen LogP contribution in [0.4, 0.5) is 5.82 Å². The Morgan fingerprint density at radius 2 is 1.81 bits per heavy atom. The van der Waals surface area contributed by atoms with E-state index in [-0.39, 0.29) is 0 Å². The summed E-state index contributed by atoms with van der Waals surface area (Å²) in [5.74, 6) is 0.797. The summed E-state index contributed by atoms with van der Waals surface area (Å²) in [5, 5.41) is 5.45. The van der Waals surface area contributed by atoms with Gasteiger partial charge in [-0.3, -0.25) is 4.98 Å². The van der Waals surface area contributed by atoms with Gasteiger partial charge in [0.15, 0.2) is 0 Å². The third kappa shape index (κ3) is 2.87. The summed E-state index contributed by atoms with van der Waals surface area (Å²) >= 11 is 0. The van der Waals surface area contributed by atoms with Crippen molar-refractivity contribution in [3.63, 3.8) is 0 Å². The maximum atomic E-state index is 4.44. The van der Waals surface area contributed by atoms with Crippen molar-refractivity contribution in [2.24, 2.45) is 0 Å². The van der Waals surface area contributed by atoms with Crippen molar-refractivity contribution in [2.75, 3.05) is 5.32 Å². The molecule has 0 aliphatic heterocycles. The number of fused-ring (bicyclic) bond motifs is 2. The lowest BCUT2D eigenvalue weighted by atomic mass is 10.0. The summed E-state index contributed by atoms with van der Waals surface area (Å²) in [4.78, 5) is 20.8. The zero-order valence-electron chi connectivity index (χ0n) is 14.4. The molecule has 0 aliphatic carbocycles. The molecule has 0 bridgehead atoms. The Hall–Kier alpha value is -3.80. The van der Waals surface area contributed by atoms with Crippen LogP contribution in [-0.4, -0.2) is 24.9 Å². The van der Waals surface area contributed by atoms with Crippen LogP contribution in [0.25, 0.3) is 33.1 Å². The van der Waals surface area contributed by atoms with E-state index in [0.29, 0.717) is 6.54 Å². The SMILES string of the molecule is c1ccc(CNc2ncnc3ccc(-c4c[nH]c5ncccc45)cc23)nc1. The Bertz CT molecular complexity index is 1230. The van der Waals surface area contributed by atoms with E-state index in [1.165, 1.54) is 0 Å². The smallest absolute Gasteiger partial charge is 0.137 e. The number of hydrogen-bond donors (Lipinski definition) is 2. The van der Waals surface area contributed by atoms with E-state index in [2.05, 4.69) is 48.4 Å². The largest absolute Gasteiger partial charge is 0.364 e. The van der Waals surface area contributed by atoms with Crippen LogP contribution in [0.2, 0.25) is 0 Å². The summed E-state index contributed by atoms with van der Waals surface area (Å²) < 4.78 is 0. The first-order valence-corrected chi connectivity index (χ1v) is 8.69. The fourth-order valence-corrected chi connectivity index (χ4v) is 3.24. The van der Waals surface area contributed by atoms with Crippen LogP contribution >= 0.6 is 0 Å². The molecule has 0 atom stereocenters. The number of nitrogens with zero attached hydrogens (tertiary/aromatic N) is 4. The topological polar surface area (TPSA) is 79.4 Å². The highest BCUT2D eigenvalue weighted by atomic mass is 15.0. The molecule has 0 unspecified atom stereocenters. The van der Waals surface area contributed by atoms with Gasteiger partial charge < -0.3 is 10.3 Å². The molecule has 5 rings (SSSR count). The van der Waals surface area contributed by atoms with E-state index in [0.717, 1.165) is 44.6 Å². The second-order valence-electron chi connectivity index (χ2n) is 6.23. The van der Waals surface area contributed by atoms with Crippen molar-refractivity contribution < 1.29 is 0 Å². The highest BCUT2D eigenvalue weighted by Crippen LogP contribution is 2.31. The van der Waals surface area contributed by atoms with Crippen LogP contribution < -0.4 is 5.32 Å². The predicted molar refractivity (Wildman–Crippen MR) is 106 cm³/mol. The number of nitrogens with one attached hydrogen (secondary N) is 2. The predicted octanol–water partition coefficient (Wildman–Crippen LogP) is 4.18. The van der Waals surface area contributed by atoms with Crippen LogP contribution in [0.1, 0.15) is 5.69 Å². The average Bonchev–Trinajstić information content (AvgIpc) is 3.17.